The fourth-order valence-corrected chi connectivity index (χ4v) is 3.42. The second-order valence-electron chi connectivity index (χ2n) is 5.28. The van der Waals surface area contributed by atoms with E-state index in [9.17, 15) is 0 Å². The number of nitrogens with zero attached hydrogens (tertiary/aromatic N) is 1. The second-order valence-corrected chi connectivity index (χ2v) is 5.28. The Labute approximate surface area is 93.0 Å². The van der Waals surface area contributed by atoms with Crippen molar-refractivity contribution in [3.63, 3.8) is 0 Å². The van der Waals surface area contributed by atoms with Crippen molar-refractivity contribution in [2.75, 3.05) is 39.9 Å². The predicted molar refractivity (Wildman–Crippen MR) is 61.8 cm³/mol. The Morgan fingerprint density at radius 3 is 2.80 bits per heavy atom. The van der Waals surface area contributed by atoms with Crippen LogP contribution in [0.3, 0.4) is 0 Å². The van der Waals surface area contributed by atoms with Crippen molar-refractivity contribution in [3.8, 4) is 0 Å². The number of likely N-dealkylation sites (tertiary alicyclic amines) is 1. The Morgan fingerprint density at radius 2 is 2.13 bits per heavy atom. The van der Waals surface area contributed by atoms with Gasteiger partial charge in [-0.05, 0) is 57.2 Å². The highest BCUT2D eigenvalue weighted by Crippen LogP contribution is 2.44. The first-order valence-corrected chi connectivity index (χ1v) is 6.23. The van der Waals surface area contributed by atoms with E-state index >= 15 is 0 Å². The van der Waals surface area contributed by atoms with Crippen LogP contribution in [0.2, 0.25) is 0 Å². The number of rotatable bonds is 2. The largest absolute Gasteiger partial charge is 0.381 e. The third kappa shape index (κ3) is 2.35. The molecule has 2 aliphatic heterocycles. The molecule has 2 N–H and O–H groups in total. The minimum Gasteiger partial charge on any atom is -0.381 e. The lowest BCUT2D eigenvalue weighted by molar-refractivity contribution is -0.0596. The summed E-state index contributed by atoms with van der Waals surface area (Å²) in [5.74, 6) is 0.836. The van der Waals surface area contributed by atoms with Gasteiger partial charge >= 0.3 is 0 Å². The number of hydrogen-bond acceptors (Lipinski definition) is 3. The Balaban J connectivity index is 2.06. The van der Waals surface area contributed by atoms with Gasteiger partial charge in [0.15, 0.2) is 0 Å². The smallest absolute Gasteiger partial charge is 0.0471 e. The monoisotopic (exact) mass is 212 g/mol. The minimum absolute atomic E-state index is 0.518. The van der Waals surface area contributed by atoms with Gasteiger partial charge in [0.1, 0.15) is 0 Å². The maximum Gasteiger partial charge on any atom is 0.0471 e. The van der Waals surface area contributed by atoms with E-state index in [1.165, 1.54) is 38.8 Å². The fourth-order valence-electron chi connectivity index (χ4n) is 3.42. The van der Waals surface area contributed by atoms with Crippen LogP contribution in [0.1, 0.15) is 25.7 Å². The molecule has 0 aromatic carbocycles. The average molecular weight is 212 g/mol. The van der Waals surface area contributed by atoms with E-state index in [-0.39, 0.29) is 0 Å². The first kappa shape index (κ1) is 11.4. The van der Waals surface area contributed by atoms with E-state index in [2.05, 4.69) is 11.9 Å². The van der Waals surface area contributed by atoms with Gasteiger partial charge in [-0.2, -0.15) is 0 Å². The molecule has 0 aliphatic carbocycles. The summed E-state index contributed by atoms with van der Waals surface area (Å²) in [6, 6.07) is 0. The zero-order valence-corrected chi connectivity index (χ0v) is 9.87. The van der Waals surface area contributed by atoms with Gasteiger partial charge in [0, 0.05) is 19.8 Å². The lowest BCUT2D eigenvalue weighted by atomic mass is 9.65. The van der Waals surface area contributed by atoms with Gasteiger partial charge in [-0.3, -0.25) is 0 Å². The molecule has 0 saturated carbocycles. The van der Waals surface area contributed by atoms with Gasteiger partial charge in [-0.1, -0.05) is 0 Å². The summed E-state index contributed by atoms with van der Waals surface area (Å²) < 4.78 is 5.51. The normalized spacial score (nSPS) is 32.0. The Morgan fingerprint density at radius 1 is 1.40 bits per heavy atom. The molecular weight excluding hydrogens is 188 g/mol. The summed E-state index contributed by atoms with van der Waals surface area (Å²) in [6.45, 7) is 5.25. The molecule has 0 aromatic rings. The van der Waals surface area contributed by atoms with Crippen LogP contribution in [0, 0.1) is 11.3 Å². The van der Waals surface area contributed by atoms with E-state index in [1.807, 2.05) is 0 Å². The molecule has 1 spiro atoms. The lowest BCUT2D eigenvalue weighted by Crippen LogP contribution is -2.50. The van der Waals surface area contributed by atoms with Gasteiger partial charge < -0.3 is 15.4 Å². The zero-order chi connectivity index (χ0) is 10.7. The maximum atomic E-state index is 5.74. The summed E-state index contributed by atoms with van der Waals surface area (Å²) in [5, 5.41) is 0. The van der Waals surface area contributed by atoms with Crippen molar-refractivity contribution in [1.82, 2.24) is 4.90 Å². The van der Waals surface area contributed by atoms with E-state index in [4.69, 9.17) is 10.5 Å². The first-order chi connectivity index (χ1) is 7.27. The van der Waals surface area contributed by atoms with Crippen LogP contribution >= 0.6 is 0 Å². The molecule has 0 radical (unpaired) electrons. The highest BCUT2D eigenvalue weighted by Gasteiger charge is 2.42. The number of ether oxygens (including phenoxy) is 1. The van der Waals surface area contributed by atoms with Crippen LogP contribution in [-0.4, -0.2) is 44.8 Å². The molecular formula is C12H24N2O. The van der Waals surface area contributed by atoms with Crippen molar-refractivity contribution in [2.24, 2.45) is 17.1 Å². The number of hydrogen-bond donors (Lipinski definition) is 1. The van der Waals surface area contributed by atoms with Crippen LogP contribution in [0.5, 0.6) is 0 Å². The van der Waals surface area contributed by atoms with E-state index in [1.54, 1.807) is 0 Å². The summed E-state index contributed by atoms with van der Waals surface area (Å²) in [6.07, 6.45) is 5.01. The molecule has 0 aromatic heterocycles. The fraction of sp³-hybridized carbons (Fsp3) is 1.00. The summed E-state index contributed by atoms with van der Waals surface area (Å²) in [4.78, 5) is 2.48. The third-order valence-corrected chi connectivity index (χ3v) is 4.31. The highest BCUT2D eigenvalue weighted by molar-refractivity contribution is 4.94. The van der Waals surface area contributed by atoms with Gasteiger partial charge in [0.05, 0.1) is 0 Å². The molecule has 3 nitrogen and oxygen atoms in total. The molecule has 2 heterocycles. The number of piperidine rings is 1. The van der Waals surface area contributed by atoms with E-state index in [0.717, 1.165) is 25.7 Å². The third-order valence-electron chi connectivity index (χ3n) is 4.31. The molecule has 3 heteroatoms. The van der Waals surface area contributed by atoms with Crippen molar-refractivity contribution in [3.05, 3.63) is 0 Å². The standard InChI is InChI=1S/C12H24N2O/c1-14-7-3-11(2-6-13)12(10-14)4-8-15-9-5-12/h11H,2-10,13H2,1H3. The second kappa shape index (κ2) is 4.81. The van der Waals surface area contributed by atoms with E-state index in [0.29, 0.717) is 5.41 Å². The molecule has 2 fully saturated rings. The molecule has 88 valence electrons. The van der Waals surface area contributed by atoms with Crippen LogP contribution in [-0.2, 0) is 4.74 Å². The molecule has 2 saturated heterocycles. The maximum absolute atomic E-state index is 5.74. The van der Waals surface area contributed by atoms with Crippen LogP contribution < -0.4 is 5.73 Å². The van der Waals surface area contributed by atoms with Gasteiger partial charge in [0.2, 0.25) is 0 Å². The first-order valence-electron chi connectivity index (χ1n) is 6.23. The Bertz CT molecular complexity index is 202. The molecule has 2 aliphatic rings. The summed E-state index contributed by atoms with van der Waals surface area (Å²) in [5.41, 5.74) is 6.26. The topological polar surface area (TPSA) is 38.5 Å². The number of nitrogens with two attached hydrogens (primary N) is 1. The molecule has 0 amide bonds. The average Bonchev–Trinajstić information content (AvgIpc) is 2.24. The van der Waals surface area contributed by atoms with Crippen molar-refractivity contribution in [2.45, 2.75) is 25.7 Å². The van der Waals surface area contributed by atoms with Crippen LogP contribution in [0.4, 0.5) is 0 Å². The van der Waals surface area contributed by atoms with Gasteiger partial charge in [-0.25, -0.2) is 0 Å². The highest BCUT2D eigenvalue weighted by atomic mass is 16.5. The zero-order valence-electron chi connectivity index (χ0n) is 9.87. The lowest BCUT2D eigenvalue weighted by Gasteiger charge is -2.49. The molecule has 1 atom stereocenters. The van der Waals surface area contributed by atoms with Gasteiger partial charge in [0.25, 0.3) is 0 Å². The Kier molecular flexibility index (Phi) is 3.65. The van der Waals surface area contributed by atoms with E-state index < -0.39 is 0 Å². The van der Waals surface area contributed by atoms with Crippen molar-refractivity contribution >= 4 is 0 Å². The summed E-state index contributed by atoms with van der Waals surface area (Å²) in [7, 11) is 2.25. The van der Waals surface area contributed by atoms with Crippen LogP contribution in [0.15, 0.2) is 0 Å². The predicted octanol–water partition coefficient (Wildman–Crippen LogP) is 1.08. The molecule has 0 bridgehead atoms. The Hall–Kier alpha value is -0.120. The van der Waals surface area contributed by atoms with Crippen molar-refractivity contribution < 1.29 is 4.74 Å². The molecule has 1 unspecified atom stereocenters. The molecule has 2 rings (SSSR count). The quantitative estimate of drug-likeness (QED) is 0.744. The SMILES string of the molecule is CN1CCC(CCN)C2(CCOCC2)C1. The van der Waals surface area contributed by atoms with Crippen molar-refractivity contribution in [1.29, 1.82) is 0 Å². The minimum atomic E-state index is 0.518. The summed E-state index contributed by atoms with van der Waals surface area (Å²) >= 11 is 0. The van der Waals surface area contributed by atoms with Gasteiger partial charge in [-0.15, -0.1) is 0 Å². The van der Waals surface area contributed by atoms with Crippen LogP contribution in [0.25, 0.3) is 0 Å². The molecule has 15 heavy (non-hydrogen) atoms.